The minimum atomic E-state index is -5.65. The second-order valence-corrected chi connectivity index (χ2v) is 6.29. The molecule has 0 saturated carbocycles. The first-order chi connectivity index (χ1) is 9.78. The number of alkyl halides is 5. The van der Waals surface area contributed by atoms with Crippen molar-refractivity contribution in [3.05, 3.63) is 29.8 Å². The summed E-state index contributed by atoms with van der Waals surface area (Å²) in [6.07, 6.45) is -5.65. The maximum absolute atomic E-state index is 13.4. The number of hydrogen-bond acceptors (Lipinski definition) is 2. The molecule has 8 heteroatoms. The number of hydrogen-bond donors (Lipinski definition) is 0. The molecule has 0 aromatic heterocycles. The van der Waals surface area contributed by atoms with Gasteiger partial charge in [0, 0.05) is 5.56 Å². The first-order valence-electron chi connectivity index (χ1n) is 6.68. The average molecular weight is 322 g/mol. The van der Waals surface area contributed by atoms with E-state index in [4.69, 9.17) is 9.31 Å². The summed E-state index contributed by atoms with van der Waals surface area (Å²) in [5.41, 5.74) is -2.42. The van der Waals surface area contributed by atoms with Crippen LogP contribution in [0.1, 0.15) is 33.3 Å². The molecule has 22 heavy (non-hydrogen) atoms. The summed E-state index contributed by atoms with van der Waals surface area (Å²) in [4.78, 5) is 0. The summed E-state index contributed by atoms with van der Waals surface area (Å²) in [5.74, 6) is -4.92. The van der Waals surface area contributed by atoms with Gasteiger partial charge in [-0.15, -0.1) is 0 Å². The molecule has 1 saturated heterocycles. The third-order valence-electron chi connectivity index (χ3n) is 4.13. The zero-order chi connectivity index (χ0) is 17.0. The smallest absolute Gasteiger partial charge is 0.399 e. The lowest BCUT2D eigenvalue weighted by Gasteiger charge is -2.32. The van der Waals surface area contributed by atoms with E-state index in [1.165, 1.54) is 6.07 Å². The van der Waals surface area contributed by atoms with Crippen molar-refractivity contribution < 1.29 is 31.3 Å². The Kier molecular flexibility index (Phi) is 3.85. The molecule has 1 fully saturated rings. The maximum Gasteiger partial charge on any atom is 0.494 e. The molecule has 2 rings (SSSR count). The Morgan fingerprint density at radius 2 is 1.41 bits per heavy atom. The third kappa shape index (κ3) is 2.74. The SMILES string of the molecule is CC1(C)OB(c2cccc(C(F)(F)C(F)(F)F)c2)OC1(C)C. The standard InChI is InChI=1S/C14H16BF5O2/c1-11(2)12(3,4)22-15(21-11)10-7-5-6-9(8-10)13(16,17)14(18,19)20/h5-8H,1-4H3. The Hall–Kier alpha value is -1.15. The molecule has 1 aromatic carbocycles. The molecule has 0 atom stereocenters. The zero-order valence-corrected chi connectivity index (χ0v) is 12.6. The Bertz CT molecular complexity index is 553. The summed E-state index contributed by atoms with van der Waals surface area (Å²) < 4.78 is 75.5. The van der Waals surface area contributed by atoms with E-state index in [2.05, 4.69) is 0 Å². The van der Waals surface area contributed by atoms with Gasteiger partial charge in [0.15, 0.2) is 0 Å². The van der Waals surface area contributed by atoms with Gasteiger partial charge in [0.05, 0.1) is 11.2 Å². The van der Waals surface area contributed by atoms with Crippen molar-refractivity contribution in [3.63, 3.8) is 0 Å². The molecule has 0 amide bonds. The largest absolute Gasteiger partial charge is 0.494 e. The van der Waals surface area contributed by atoms with Gasteiger partial charge in [-0.25, -0.2) is 0 Å². The highest BCUT2D eigenvalue weighted by Gasteiger charge is 2.59. The average Bonchev–Trinajstić information content (AvgIpc) is 2.57. The fourth-order valence-corrected chi connectivity index (χ4v) is 2.02. The molecule has 1 aliphatic rings. The molecular formula is C14H16BF5O2. The van der Waals surface area contributed by atoms with Gasteiger partial charge in [-0.2, -0.15) is 22.0 Å². The minimum Gasteiger partial charge on any atom is -0.399 e. The highest BCUT2D eigenvalue weighted by atomic mass is 19.4. The fourth-order valence-electron chi connectivity index (χ4n) is 2.02. The topological polar surface area (TPSA) is 18.5 Å². The molecule has 0 N–H and O–H groups in total. The van der Waals surface area contributed by atoms with Crippen molar-refractivity contribution in [2.45, 2.75) is 51.0 Å². The van der Waals surface area contributed by atoms with E-state index >= 15 is 0 Å². The van der Waals surface area contributed by atoms with Crippen LogP contribution >= 0.6 is 0 Å². The maximum atomic E-state index is 13.4. The molecule has 0 spiro atoms. The summed E-state index contributed by atoms with van der Waals surface area (Å²) in [6.45, 7) is 7.06. The van der Waals surface area contributed by atoms with E-state index in [-0.39, 0.29) is 5.46 Å². The number of halogens is 5. The molecule has 0 aliphatic carbocycles. The predicted octanol–water partition coefficient (Wildman–Crippen LogP) is 3.64. The van der Waals surface area contributed by atoms with Gasteiger partial charge in [0.1, 0.15) is 0 Å². The van der Waals surface area contributed by atoms with E-state index in [1.54, 1.807) is 27.7 Å². The van der Waals surface area contributed by atoms with Crippen LogP contribution in [0.5, 0.6) is 0 Å². The second-order valence-electron chi connectivity index (χ2n) is 6.29. The van der Waals surface area contributed by atoms with Crippen LogP contribution in [0.3, 0.4) is 0 Å². The first-order valence-corrected chi connectivity index (χ1v) is 6.68. The minimum absolute atomic E-state index is 0.125. The van der Waals surface area contributed by atoms with Crippen molar-refractivity contribution in [3.8, 4) is 0 Å². The Balaban J connectivity index is 2.35. The van der Waals surface area contributed by atoms with Crippen LogP contribution in [0, 0.1) is 0 Å². The lowest BCUT2D eigenvalue weighted by atomic mass is 9.78. The quantitative estimate of drug-likeness (QED) is 0.611. The zero-order valence-electron chi connectivity index (χ0n) is 12.6. The van der Waals surface area contributed by atoms with E-state index < -0.39 is 36.0 Å². The van der Waals surface area contributed by atoms with E-state index in [1.807, 2.05) is 0 Å². The first kappa shape index (κ1) is 17.2. The normalized spacial score (nSPS) is 21.2. The third-order valence-corrected chi connectivity index (χ3v) is 4.13. The van der Waals surface area contributed by atoms with Crippen molar-refractivity contribution in [2.24, 2.45) is 0 Å². The summed E-state index contributed by atoms with van der Waals surface area (Å²) >= 11 is 0. The number of rotatable bonds is 2. The molecule has 2 nitrogen and oxygen atoms in total. The van der Waals surface area contributed by atoms with Crippen molar-refractivity contribution >= 4 is 12.6 Å². The van der Waals surface area contributed by atoms with Crippen LogP contribution in [-0.2, 0) is 15.2 Å². The molecular weight excluding hydrogens is 306 g/mol. The lowest BCUT2D eigenvalue weighted by Crippen LogP contribution is -2.41. The van der Waals surface area contributed by atoms with Crippen LogP contribution in [0.4, 0.5) is 22.0 Å². The van der Waals surface area contributed by atoms with Gasteiger partial charge in [0.2, 0.25) is 0 Å². The van der Waals surface area contributed by atoms with E-state index in [0.29, 0.717) is 0 Å². The Morgan fingerprint density at radius 3 is 1.86 bits per heavy atom. The van der Waals surface area contributed by atoms with E-state index in [9.17, 15) is 22.0 Å². The number of benzene rings is 1. The molecule has 1 aromatic rings. The Morgan fingerprint density at radius 1 is 0.909 bits per heavy atom. The molecule has 0 radical (unpaired) electrons. The molecule has 122 valence electrons. The van der Waals surface area contributed by atoms with Gasteiger partial charge in [-0.1, -0.05) is 24.3 Å². The van der Waals surface area contributed by atoms with Gasteiger partial charge in [-0.05, 0) is 33.2 Å². The van der Waals surface area contributed by atoms with Gasteiger partial charge < -0.3 is 9.31 Å². The van der Waals surface area contributed by atoms with Gasteiger partial charge in [0.25, 0.3) is 0 Å². The highest BCUT2D eigenvalue weighted by Crippen LogP contribution is 2.43. The molecule has 1 heterocycles. The van der Waals surface area contributed by atoms with Crippen LogP contribution in [0.25, 0.3) is 0 Å². The summed E-state index contributed by atoms with van der Waals surface area (Å²) in [6, 6.07) is 4.05. The van der Waals surface area contributed by atoms with Crippen LogP contribution < -0.4 is 5.46 Å². The molecule has 0 bridgehead atoms. The van der Waals surface area contributed by atoms with E-state index in [0.717, 1.165) is 18.2 Å². The van der Waals surface area contributed by atoms with Crippen molar-refractivity contribution in [2.75, 3.05) is 0 Å². The van der Waals surface area contributed by atoms with Gasteiger partial charge in [-0.3, -0.25) is 0 Å². The van der Waals surface area contributed by atoms with Crippen molar-refractivity contribution in [1.82, 2.24) is 0 Å². The van der Waals surface area contributed by atoms with Crippen LogP contribution in [-0.4, -0.2) is 24.5 Å². The predicted molar refractivity (Wildman–Crippen MR) is 72.1 cm³/mol. The van der Waals surface area contributed by atoms with Crippen LogP contribution in [0.15, 0.2) is 24.3 Å². The highest BCUT2D eigenvalue weighted by molar-refractivity contribution is 6.62. The second kappa shape index (κ2) is 4.93. The summed E-state index contributed by atoms with van der Waals surface area (Å²) in [7, 11) is -0.992. The molecule has 0 unspecified atom stereocenters. The lowest BCUT2D eigenvalue weighted by molar-refractivity contribution is -0.289. The summed E-state index contributed by atoms with van der Waals surface area (Å²) in [5, 5.41) is 0. The molecule has 1 aliphatic heterocycles. The monoisotopic (exact) mass is 322 g/mol. The van der Waals surface area contributed by atoms with Gasteiger partial charge >= 0.3 is 19.2 Å². The fraction of sp³-hybridized carbons (Fsp3) is 0.571. The van der Waals surface area contributed by atoms with Crippen molar-refractivity contribution in [1.29, 1.82) is 0 Å². The van der Waals surface area contributed by atoms with Crippen LogP contribution in [0.2, 0.25) is 0 Å². The Labute approximate surface area is 125 Å².